The van der Waals surface area contributed by atoms with E-state index < -0.39 is 0 Å². The van der Waals surface area contributed by atoms with E-state index in [4.69, 9.17) is 14.3 Å². The first kappa shape index (κ1) is 18.8. The van der Waals surface area contributed by atoms with Crippen molar-refractivity contribution in [1.29, 1.82) is 0 Å². The SMILES string of the molecule is COc1ccc(C23CCC(=NOc4ccccc4)CC2N(C)CC3)cc1OC. The molecule has 5 nitrogen and oxygen atoms in total. The van der Waals surface area contributed by atoms with Gasteiger partial charge in [-0.15, -0.1) is 0 Å². The number of likely N-dealkylation sites (tertiary alicyclic amines) is 1. The fourth-order valence-electron chi connectivity index (χ4n) is 4.76. The summed E-state index contributed by atoms with van der Waals surface area (Å²) < 4.78 is 11.0. The summed E-state index contributed by atoms with van der Waals surface area (Å²) in [5.74, 6) is 2.36. The molecule has 0 radical (unpaired) electrons. The van der Waals surface area contributed by atoms with Gasteiger partial charge in [0.05, 0.1) is 19.9 Å². The smallest absolute Gasteiger partial charge is 0.161 e. The zero-order valence-electron chi connectivity index (χ0n) is 16.9. The highest BCUT2D eigenvalue weighted by molar-refractivity contribution is 5.86. The van der Waals surface area contributed by atoms with Crippen LogP contribution in [0.4, 0.5) is 0 Å². The first-order chi connectivity index (χ1) is 13.7. The second kappa shape index (κ2) is 7.84. The molecule has 2 aliphatic rings. The Morgan fingerprint density at radius 3 is 2.54 bits per heavy atom. The van der Waals surface area contributed by atoms with Gasteiger partial charge in [-0.2, -0.15) is 0 Å². The molecule has 0 aromatic heterocycles. The minimum atomic E-state index is 0.125. The molecule has 1 saturated carbocycles. The second-order valence-electron chi connectivity index (χ2n) is 7.74. The number of oxime groups is 1. The molecule has 0 spiro atoms. The van der Waals surface area contributed by atoms with Crippen molar-refractivity contribution in [3.8, 4) is 17.2 Å². The number of ether oxygens (including phenoxy) is 2. The van der Waals surface area contributed by atoms with Crippen LogP contribution in [0.15, 0.2) is 53.7 Å². The molecule has 4 rings (SSSR count). The third kappa shape index (κ3) is 3.35. The fraction of sp³-hybridized carbons (Fsp3) is 0.435. The van der Waals surface area contributed by atoms with Gasteiger partial charge in [-0.3, -0.25) is 0 Å². The Morgan fingerprint density at radius 2 is 1.79 bits per heavy atom. The summed E-state index contributed by atoms with van der Waals surface area (Å²) in [6, 6.07) is 16.6. The Hall–Kier alpha value is -2.53. The van der Waals surface area contributed by atoms with E-state index in [9.17, 15) is 0 Å². The maximum atomic E-state index is 5.67. The van der Waals surface area contributed by atoms with Crippen LogP contribution in [-0.2, 0) is 5.41 Å². The van der Waals surface area contributed by atoms with Crippen molar-refractivity contribution >= 4 is 5.71 Å². The number of likely N-dealkylation sites (N-methyl/N-ethyl adjacent to an activating group) is 1. The van der Waals surface area contributed by atoms with Crippen LogP contribution in [0.5, 0.6) is 17.2 Å². The van der Waals surface area contributed by atoms with Crippen molar-refractivity contribution < 1.29 is 14.3 Å². The lowest BCUT2D eigenvalue weighted by Crippen LogP contribution is -2.46. The molecule has 1 saturated heterocycles. The van der Waals surface area contributed by atoms with Crippen LogP contribution in [0, 0.1) is 0 Å². The zero-order valence-corrected chi connectivity index (χ0v) is 16.9. The molecule has 2 fully saturated rings. The molecule has 2 atom stereocenters. The lowest BCUT2D eigenvalue weighted by molar-refractivity contribution is 0.222. The van der Waals surface area contributed by atoms with Gasteiger partial charge in [-0.1, -0.05) is 29.4 Å². The predicted octanol–water partition coefficient (Wildman–Crippen LogP) is 4.26. The number of benzene rings is 2. The van der Waals surface area contributed by atoms with Gasteiger partial charge >= 0.3 is 0 Å². The third-order valence-corrected chi connectivity index (χ3v) is 6.35. The van der Waals surface area contributed by atoms with Crippen LogP contribution >= 0.6 is 0 Å². The molecular formula is C23H28N2O3. The van der Waals surface area contributed by atoms with E-state index in [-0.39, 0.29) is 5.41 Å². The zero-order chi connectivity index (χ0) is 19.6. The van der Waals surface area contributed by atoms with Gasteiger partial charge in [0.1, 0.15) is 0 Å². The fourth-order valence-corrected chi connectivity index (χ4v) is 4.76. The Labute approximate surface area is 166 Å². The van der Waals surface area contributed by atoms with Gasteiger partial charge in [0.2, 0.25) is 0 Å². The minimum absolute atomic E-state index is 0.125. The molecule has 1 aliphatic carbocycles. The summed E-state index contributed by atoms with van der Waals surface area (Å²) in [5, 5.41) is 4.48. The maximum absolute atomic E-state index is 5.67. The normalized spacial score (nSPS) is 26.1. The van der Waals surface area contributed by atoms with E-state index in [0.29, 0.717) is 6.04 Å². The molecule has 2 unspecified atom stereocenters. The van der Waals surface area contributed by atoms with Crippen molar-refractivity contribution in [2.24, 2.45) is 5.16 Å². The van der Waals surface area contributed by atoms with E-state index in [1.807, 2.05) is 36.4 Å². The molecule has 5 heteroatoms. The molecule has 28 heavy (non-hydrogen) atoms. The van der Waals surface area contributed by atoms with Gasteiger partial charge in [0.15, 0.2) is 17.2 Å². The van der Waals surface area contributed by atoms with Crippen LogP contribution in [0.2, 0.25) is 0 Å². The molecule has 2 aromatic rings. The largest absolute Gasteiger partial charge is 0.493 e. The molecule has 0 amide bonds. The van der Waals surface area contributed by atoms with Gasteiger partial charge in [0.25, 0.3) is 0 Å². The summed E-state index contributed by atoms with van der Waals surface area (Å²) >= 11 is 0. The summed E-state index contributed by atoms with van der Waals surface area (Å²) in [5.41, 5.74) is 2.60. The lowest BCUT2D eigenvalue weighted by atomic mass is 9.65. The second-order valence-corrected chi connectivity index (χ2v) is 7.74. The molecule has 1 heterocycles. The van der Waals surface area contributed by atoms with Gasteiger partial charge in [-0.05, 0) is 62.7 Å². The summed E-state index contributed by atoms with van der Waals surface area (Å²) in [6.07, 6.45) is 4.09. The Bertz CT molecular complexity index is 852. The quantitative estimate of drug-likeness (QED) is 0.727. The maximum Gasteiger partial charge on any atom is 0.161 e. The van der Waals surface area contributed by atoms with Crippen LogP contribution in [0.1, 0.15) is 31.2 Å². The lowest BCUT2D eigenvalue weighted by Gasteiger charge is -2.42. The van der Waals surface area contributed by atoms with Gasteiger partial charge in [0, 0.05) is 17.9 Å². The van der Waals surface area contributed by atoms with Crippen LogP contribution in [0.3, 0.4) is 0 Å². The van der Waals surface area contributed by atoms with Crippen molar-refractivity contribution in [3.63, 3.8) is 0 Å². The molecule has 1 aliphatic heterocycles. The first-order valence-electron chi connectivity index (χ1n) is 9.87. The van der Waals surface area contributed by atoms with E-state index in [2.05, 4.69) is 29.2 Å². The van der Waals surface area contributed by atoms with Gasteiger partial charge < -0.3 is 19.2 Å². The van der Waals surface area contributed by atoms with E-state index in [0.717, 1.165) is 55.2 Å². The van der Waals surface area contributed by atoms with Gasteiger partial charge in [-0.25, -0.2) is 0 Å². The summed E-state index contributed by atoms with van der Waals surface area (Å²) in [4.78, 5) is 8.13. The van der Waals surface area contributed by atoms with Crippen molar-refractivity contribution in [1.82, 2.24) is 4.90 Å². The van der Waals surface area contributed by atoms with Crippen molar-refractivity contribution in [2.45, 2.75) is 37.1 Å². The predicted molar refractivity (Wildman–Crippen MR) is 111 cm³/mol. The van der Waals surface area contributed by atoms with Crippen LogP contribution in [-0.4, -0.2) is 44.5 Å². The highest BCUT2D eigenvalue weighted by Gasteiger charge is 2.50. The molecule has 2 aromatic carbocycles. The highest BCUT2D eigenvalue weighted by Crippen LogP contribution is 2.49. The van der Waals surface area contributed by atoms with Crippen LogP contribution < -0.4 is 14.3 Å². The topological polar surface area (TPSA) is 43.3 Å². The average molecular weight is 380 g/mol. The number of para-hydroxylation sites is 1. The summed E-state index contributed by atoms with van der Waals surface area (Å²) in [6.45, 7) is 1.09. The molecular weight excluding hydrogens is 352 g/mol. The number of nitrogens with zero attached hydrogens (tertiary/aromatic N) is 2. The number of methoxy groups -OCH3 is 2. The third-order valence-electron chi connectivity index (χ3n) is 6.35. The van der Waals surface area contributed by atoms with E-state index in [1.165, 1.54) is 5.56 Å². The van der Waals surface area contributed by atoms with Crippen molar-refractivity contribution in [2.75, 3.05) is 27.8 Å². The number of fused-ring (bicyclic) bond motifs is 1. The van der Waals surface area contributed by atoms with Crippen LogP contribution in [0.25, 0.3) is 0 Å². The van der Waals surface area contributed by atoms with Crippen molar-refractivity contribution in [3.05, 3.63) is 54.1 Å². The Morgan fingerprint density at radius 1 is 1.00 bits per heavy atom. The molecule has 0 bridgehead atoms. The monoisotopic (exact) mass is 380 g/mol. The average Bonchev–Trinajstić information content (AvgIpc) is 3.09. The first-order valence-corrected chi connectivity index (χ1v) is 9.87. The minimum Gasteiger partial charge on any atom is -0.493 e. The number of hydrogen-bond acceptors (Lipinski definition) is 5. The molecule has 148 valence electrons. The Balaban J connectivity index is 1.59. The molecule has 0 N–H and O–H groups in total. The Kier molecular flexibility index (Phi) is 5.27. The summed E-state index contributed by atoms with van der Waals surface area (Å²) in [7, 11) is 5.59. The highest BCUT2D eigenvalue weighted by atomic mass is 16.6. The number of rotatable bonds is 5. The van der Waals surface area contributed by atoms with E-state index in [1.54, 1.807) is 14.2 Å². The standard InChI is InChI=1S/C23H28N2O3/c1-25-14-13-23(17-9-10-20(26-2)21(15-17)27-3)12-11-18(16-22(23)25)24-28-19-7-5-4-6-8-19/h4-10,15,22H,11-14,16H2,1-3H3. The number of hydrogen-bond donors (Lipinski definition) is 0. The van der Waals surface area contributed by atoms with E-state index >= 15 is 0 Å².